The Morgan fingerprint density at radius 3 is 2.30 bits per heavy atom. The van der Waals surface area contributed by atoms with E-state index in [2.05, 4.69) is 24.1 Å². The van der Waals surface area contributed by atoms with Crippen molar-refractivity contribution in [1.29, 1.82) is 0 Å². The minimum atomic E-state index is 0.665. The van der Waals surface area contributed by atoms with Gasteiger partial charge < -0.3 is 19.7 Å². The standard InChI is InChI=1S/C16H28N2O2/c1-5-18(6-2)12-11-17-15-13-14(19-7-3)9-10-16(15)20-8-4/h9-10,13,17H,5-8,11-12H2,1-4H3. The van der Waals surface area contributed by atoms with Crippen LogP contribution in [0.5, 0.6) is 11.5 Å². The van der Waals surface area contributed by atoms with E-state index in [1.165, 1.54) is 0 Å². The van der Waals surface area contributed by atoms with Gasteiger partial charge in [-0.3, -0.25) is 0 Å². The molecular formula is C16H28N2O2. The molecule has 0 bridgehead atoms. The molecule has 1 aromatic carbocycles. The number of hydrogen-bond donors (Lipinski definition) is 1. The van der Waals surface area contributed by atoms with Gasteiger partial charge in [0.15, 0.2) is 0 Å². The second-order valence-corrected chi connectivity index (χ2v) is 4.48. The van der Waals surface area contributed by atoms with Gasteiger partial charge in [0.05, 0.1) is 18.9 Å². The van der Waals surface area contributed by atoms with E-state index in [9.17, 15) is 0 Å². The molecule has 1 aromatic rings. The first-order chi connectivity index (χ1) is 9.74. The second-order valence-electron chi connectivity index (χ2n) is 4.48. The Balaban J connectivity index is 2.66. The molecule has 0 aliphatic carbocycles. The first kappa shape index (κ1) is 16.6. The fourth-order valence-electron chi connectivity index (χ4n) is 2.07. The maximum absolute atomic E-state index is 5.65. The monoisotopic (exact) mass is 280 g/mol. The lowest BCUT2D eigenvalue weighted by Gasteiger charge is -2.19. The molecule has 4 heteroatoms. The highest BCUT2D eigenvalue weighted by Gasteiger charge is 2.06. The van der Waals surface area contributed by atoms with Crippen LogP contribution in [0.2, 0.25) is 0 Å². The molecule has 0 atom stereocenters. The van der Waals surface area contributed by atoms with Crippen molar-refractivity contribution in [3.63, 3.8) is 0 Å². The highest BCUT2D eigenvalue weighted by Crippen LogP contribution is 2.29. The minimum Gasteiger partial charge on any atom is -0.494 e. The highest BCUT2D eigenvalue weighted by molar-refractivity contribution is 5.59. The van der Waals surface area contributed by atoms with Gasteiger partial charge in [-0.1, -0.05) is 13.8 Å². The molecule has 20 heavy (non-hydrogen) atoms. The fraction of sp³-hybridized carbons (Fsp3) is 0.625. The zero-order valence-corrected chi connectivity index (χ0v) is 13.2. The van der Waals surface area contributed by atoms with Crippen molar-refractivity contribution in [1.82, 2.24) is 4.90 Å². The van der Waals surface area contributed by atoms with Crippen molar-refractivity contribution in [2.24, 2.45) is 0 Å². The van der Waals surface area contributed by atoms with Crippen molar-refractivity contribution in [2.75, 3.05) is 44.7 Å². The molecule has 0 aliphatic heterocycles. The lowest BCUT2D eigenvalue weighted by molar-refractivity contribution is 0.315. The van der Waals surface area contributed by atoms with E-state index >= 15 is 0 Å². The van der Waals surface area contributed by atoms with Crippen molar-refractivity contribution in [3.05, 3.63) is 18.2 Å². The zero-order valence-electron chi connectivity index (χ0n) is 13.2. The predicted octanol–water partition coefficient (Wildman–Crippen LogP) is 3.24. The van der Waals surface area contributed by atoms with Gasteiger partial charge in [0.2, 0.25) is 0 Å². The van der Waals surface area contributed by atoms with Gasteiger partial charge in [-0.15, -0.1) is 0 Å². The third kappa shape index (κ3) is 5.29. The zero-order chi connectivity index (χ0) is 14.8. The summed E-state index contributed by atoms with van der Waals surface area (Å²) in [7, 11) is 0. The smallest absolute Gasteiger partial charge is 0.142 e. The SMILES string of the molecule is CCOc1ccc(OCC)c(NCCN(CC)CC)c1. The molecule has 0 fully saturated rings. The summed E-state index contributed by atoms with van der Waals surface area (Å²) in [6.45, 7) is 13.8. The summed E-state index contributed by atoms with van der Waals surface area (Å²) in [5, 5.41) is 3.45. The number of benzene rings is 1. The van der Waals surface area contributed by atoms with Gasteiger partial charge in [-0.2, -0.15) is 0 Å². The van der Waals surface area contributed by atoms with Gasteiger partial charge in [0, 0.05) is 19.2 Å². The summed E-state index contributed by atoms with van der Waals surface area (Å²) in [6.07, 6.45) is 0. The van der Waals surface area contributed by atoms with Gasteiger partial charge in [0.1, 0.15) is 11.5 Å². The summed E-state index contributed by atoms with van der Waals surface area (Å²) < 4.78 is 11.2. The molecule has 0 aliphatic rings. The lowest BCUT2D eigenvalue weighted by Crippen LogP contribution is -2.28. The Bertz CT molecular complexity index is 379. The first-order valence-corrected chi connectivity index (χ1v) is 7.60. The third-order valence-corrected chi connectivity index (χ3v) is 3.20. The van der Waals surface area contributed by atoms with Crippen LogP contribution in [0.25, 0.3) is 0 Å². The maximum atomic E-state index is 5.65. The normalized spacial score (nSPS) is 10.7. The van der Waals surface area contributed by atoms with Crippen molar-refractivity contribution in [2.45, 2.75) is 27.7 Å². The van der Waals surface area contributed by atoms with Crippen LogP contribution in [0.4, 0.5) is 5.69 Å². The van der Waals surface area contributed by atoms with Gasteiger partial charge in [-0.25, -0.2) is 0 Å². The van der Waals surface area contributed by atoms with Crippen LogP contribution in [0.1, 0.15) is 27.7 Å². The predicted molar refractivity (Wildman–Crippen MR) is 85.1 cm³/mol. The number of ether oxygens (including phenoxy) is 2. The van der Waals surface area contributed by atoms with Crippen LogP contribution < -0.4 is 14.8 Å². The van der Waals surface area contributed by atoms with Crippen molar-refractivity contribution in [3.8, 4) is 11.5 Å². The molecule has 114 valence electrons. The quantitative estimate of drug-likeness (QED) is 0.713. The third-order valence-electron chi connectivity index (χ3n) is 3.20. The van der Waals surface area contributed by atoms with E-state index in [4.69, 9.17) is 9.47 Å². The largest absolute Gasteiger partial charge is 0.494 e. The molecule has 1 N–H and O–H groups in total. The topological polar surface area (TPSA) is 33.7 Å². The van der Waals surface area contributed by atoms with E-state index < -0.39 is 0 Å². The van der Waals surface area contributed by atoms with E-state index in [1.807, 2.05) is 32.0 Å². The molecule has 0 unspecified atom stereocenters. The molecule has 0 heterocycles. The summed E-state index contributed by atoms with van der Waals surface area (Å²) in [5.74, 6) is 1.76. The van der Waals surface area contributed by atoms with Crippen LogP contribution in [0.15, 0.2) is 18.2 Å². The van der Waals surface area contributed by atoms with Crippen molar-refractivity contribution < 1.29 is 9.47 Å². The lowest BCUT2D eigenvalue weighted by atomic mass is 10.2. The number of nitrogens with zero attached hydrogens (tertiary/aromatic N) is 1. The Hall–Kier alpha value is -1.42. The number of likely N-dealkylation sites (N-methyl/N-ethyl adjacent to an activating group) is 1. The van der Waals surface area contributed by atoms with Crippen LogP contribution in [0, 0.1) is 0 Å². The summed E-state index contributed by atoms with van der Waals surface area (Å²) >= 11 is 0. The Kier molecular flexibility index (Phi) is 7.88. The van der Waals surface area contributed by atoms with Crippen LogP contribution in [-0.2, 0) is 0 Å². The molecule has 1 rings (SSSR count). The summed E-state index contributed by atoms with van der Waals surface area (Å²) in [6, 6.07) is 5.93. The molecule has 0 aromatic heterocycles. The second kappa shape index (κ2) is 9.48. The molecule has 0 spiro atoms. The van der Waals surface area contributed by atoms with Crippen LogP contribution in [-0.4, -0.2) is 44.3 Å². The average molecular weight is 280 g/mol. The first-order valence-electron chi connectivity index (χ1n) is 7.60. The summed E-state index contributed by atoms with van der Waals surface area (Å²) in [4.78, 5) is 2.39. The number of hydrogen-bond acceptors (Lipinski definition) is 4. The number of nitrogens with one attached hydrogen (secondary N) is 1. The number of rotatable bonds is 10. The van der Waals surface area contributed by atoms with E-state index in [1.54, 1.807) is 0 Å². The molecule has 0 radical (unpaired) electrons. The fourth-order valence-corrected chi connectivity index (χ4v) is 2.07. The van der Waals surface area contributed by atoms with Crippen molar-refractivity contribution >= 4 is 5.69 Å². The van der Waals surface area contributed by atoms with Gasteiger partial charge >= 0.3 is 0 Å². The summed E-state index contributed by atoms with van der Waals surface area (Å²) in [5.41, 5.74) is 1.00. The van der Waals surface area contributed by atoms with Gasteiger partial charge in [-0.05, 0) is 39.1 Å². The van der Waals surface area contributed by atoms with E-state index in [0.29, 0.717) is 13.2 Å². The molecule has 0 amide bonds. The Labute approximate surface area is 123 Å². The maximum Gasteiger partial charge on any atom is 0.142 e. The molecule has 0 saturated carbocycles. The molecule has 0 saturated heterocycles. The molecular weight excluding hydrogens is 252 g/mol. The Morgan fingerprint density at radius 2 is 1.70 bits per heavy atom. The minimum absolute atomic E-state index is 0.665. The highest BCUT2D eigenvalue weighted by atomic mass is 16.5. The average Bonchev–Trinajstić information content (AvgIpc) is 2.46. The van der Waals surface area contributed by atoms with Gasteiger partial charge in [0.25, 0.3) is 0 Å². The number of anilines is 1. The van der Waals surface area contributed by atoms with E-state index in [-0.39, 0.29) is 0 Å². The van der Waals surface area contributed by atoms with Crippen LogP contribution in [0.3, 0.4) is 0 Å². The van der Waals surface area contributed by atoms with E-state index in [0.717, 1.165) is 43.4 Å². The van der Waals surface area contributed by atoms with Crippen LogP contribution >= 0.6 is 0 Å². The molecule has 4 nitrogen and oxygen atoms in total. The Morgan fingerprint density at radius 1 is 1.00 bits per heavy atom.